The van der Waals surface area contributed by atoms with Crippen molar-refractivity contribution in [3.8, 4) is 0 Å². The van der Waals surface area contributed by atoms with E-state index in [1.54, 1.807) is 6.08 Å². The van der Waals surface area contributed by atoms with Crippen molar-refractivity contribution < 1.29 is 14.4 Å². The van der Waals surface area contributed by atoms with Crippen molar-refractivity contribution in [2.75, 3.05) is 0 Å². The van der Waals surface area contributed by atoms with Crippen LogP contribution in [0.15, 0.2) is 52.7 Å². The molecule has 0 aliphatic carbocycles. The zero-order valence-corrected chi connectivity index (χ0v) is 17.4. The lowest BCUT2D eigenvalue weighted by Gasteiger charge is -2.09. The summed E-state index contributed by atoms with van der Waals surface area (Å²) in [6, 6.07) is 13.3. The first-order chi connectivity index (χ1) is 14.1. The quantitative estimate of drug-likeness (QED) is 0.585. The fourth-order valence-corrected chi connectivity index (χ4v) is 4.84. The molecule has 1 fully saturated rings. The minimum Gasteiger partial charge on any atom is -0.346 e. The lowest BCUT2D eigenvalue weighted by atomic mass is 10.2. The molecule has 1 aromatic carbocycles. The summed E-state index contributed by atoms with van der Waals surface area (Å²) in [7, 11) is 0. The van der Waals surface area contributed by atoms with Crippen molar-refractivity contribution >= 4 is 57.6 Å². The Morgan fingerprint density at radius 1 is 1.10 bits per heavy atom. The molecule has 3 heterocycles. The van der Waals surface area contributed by atoms with Gasteiger partial charge in [-0.15, -0.1) is 21.5 Å². The second-order valence-electron chi connectivity index (χ2n) is 5.95. The molecular weight excluding hydrogens is 428 g/mol. The highest BCUT2D eigenvalue weighted by Crippen LogP contribution is 2.34. The number of benzene rings is 1. The van der Waals surface area contributed by atoms with E-state index in [1.807, 2.05) is 47.8 Å². The summed E-state index contributed by atoms with van der Waals surface area (Å²) in [6.07, 6.45) is 1.71. The van der Waals surface area contributed by atoms with E-state index >= 15 is 0 Å². The number of hydrogen-bond donors (Lipinski definition) is 1. The van der Waals surface area contributed by atoms with Gasteiger partial charge in [0.15, 0.2) is 0 Å². The number of nitrogens with zero attached hydrogens (tertiary/aromatic N) is 3. The van der Waals surface area contributed by atoms with E-state index in [4.69, 9.17) is 0 Å². The number of hydrogen-bond acceptors (Lipinski definition) is 8. The molecular formula is C19H14N4O3S3. The SMILES string of the molecule is O=C(NCc1ccccc1)c1nnc(CN2C(=O)S/C(=C\c3cccs3)C2=O)s1. The fraction of sp³-hybridized carbons (Fsp3) is 0.105. The molecule has 3 aromatic rings. The first-order valence-electron chi connectivity index (χ1n) is 8.53. The van der Waals surface area contributed by atoms with Gasteiger partial charge >= 0.3 is 0 Å². The van der Waals surface area contributed by atoms with Crippen LogP contribution >= 0.6 is 34.4 Å². The molecule has 0 bridgehead atoms. The highest BCUT2D eigenvalue weighted by molar-refractivity contribution is 8.18. The van der Waals surface area contributed by atoms with Gasteiger partial charge in [0.1, 0.15) is 5.01 Å². The summed E-state index contributed by atoms with van der Waals surface area (Å²) < 4.78 is 0. The zero-order chi connectivity index (χ0) is 20.2. The van der Waals surface area contributed by atoms with Gasteiger partial charge in [0.05, 0.1) is 11.4 Å². The lowest BCUT2D eigenvalue weighted by Crippen LogP contribution is -2.27. The average Bonchev–Trinajstić information content (AvgIpc) is 3.46. The molecule has 1 N–H and O–H groups in total. The van der Waals surface area contributed by atoms with Gasteiger partial charge in [-0.05, 0) is 34.8 Å². The summed E-state index contributed by atoms with van der Waals surface area (Å²) >= 11 is 3.46. The first kappa shape index (κ1) is 19.5. The highest BCUT2D eigenvalue weighted by atomic mass is 32.2. The van der Waals surface area contributed by atoms with Gasteiger partial charge in [-0.1, -0.05) is 47.7 Å². The summed E-state index contributed by atoms with van der Waals surface area (Å²) in [5, 5.41) is 12.8. The van der Waals surface area contributed by atoms with Crippen LogP contribution < -0.4 is 5.32 Å². The molecule has 1 saturated heterocycles. The van der Waals surface area contributed by atoms with E-state index in [0.717, 1.165) is 38.4 Å². The zero-order valence-electron chi connectivity index (χ0n) is 14.9. The van der Waals surface area contributed by atoms with E-state index in [0.29, 0.717) is 16.5 Å². The Bertz CT molecular complexity index is 1080. The molecule has 7 nitrogen and oxygen atoms in total. The van der Waals surface area contributed by atoms with Crippen LogP contribution in [-0.4, -0.2) is 32.2 Å². The molecule has 1 aliphatic heterocycles. The predicted molar refractivity (Wildman–Crippen MR) is 113 cm³/mol. The molecule has 0 atom stereocenters. The van der Waals surface area contributed by atoms with Crippen LogP contribution in [0.3, 0.4) is 0 Å². The number of aromatic nitrogens is 2. The third-order valence-electron chi connectivity index (χ3n) is 3.94. The second kappa shape index (κ2) is 8.68. The number of rotatable bonds is 6. The number of thioether (sulfide) groups is 1. The predicted octanol–water partition coefficient (Wildman–Crippen LogP) is 3.77. The summed E-state index contributed by atoms with van der Waals surface area (Å²) in [5.74, 6) is -0.706. The Morgan fingerprint density at radius 3 is 2.69 bits per heavy atom. The lowest BCUT2D eigenvalue weighted by molar-refractivity contribution is -0.123. The van der Waals surface area contributed by atoms with Gasteiger partial charge in [0.25, 0.3) is 17.1 Å². The van der Waals surface area contributed by atoms with Gasteiger partial charge in [0.2, 0.25) is 5.01 Å². The molecule has 3 amide bonds. The smallest absolute Gasteiger partial charge is 0.293 e. The molecule has 146 valence electrons. The van der Waals surface area contributed by atoms with Crippen molar-refractivity contribution in [1.29, 1.82) is 0 Å². The van der Waals surface area contributed by atoms with Crippen molar-refractivity contribution in [2.24, 2.45) is 0 Å². The van der Waals surface area contributed by atoms with Gasteiger partial charge in [-0.3, -0.25) is 19.3 Å². The third kappa shape index (κ3) is 4.61. The third-order valence-corrected chi connectivity index (χ3v) is 6.57. The van der Waals surface area contributed by atoms with Crippen LogP contribution in [0.2, 0.25) is 0 Å². The van der Waals surface area contributed by atoms with Crippen molar-refractivity contribution in [2.45, 2.75) is 13.1 Å². The van der Waals surface area contributed by atoms with Crippen molar-refractivity contribution in [3.05, 3.63) is 73.2 Å². The van der Waals surface area contributed by atoms with Gasteiger partial charge in [-0.2, -0.15) is 0 Å². The molecule has 0 radical (unpaired) electrons. The molecule has 0 saturated carbocycles. The average molecular weight is 443 g/mol. The van der Waals surface area contributed by atoms with E-state index in [1.165, 1.54) is 11.3 Å². The van der Waals surface area contributed by atoms with Crippen LogP contribution in [0.1, 0.15) is 25.3 Å². The normalized spacial score (nSPS) is 15.3. The van der Waals surface area contributed by atoms with Crippen LogP contribution in [0.4, 0.5) is 4.79 Å². The number of thiophene rings is 1. The Hall–Kier alpha value is -2.82. The van der Waals surface area contributed by atoms with Gasteiger partial charge in [-0.25, -0.2) is 0 Å². The number of carbonyl (C=O) groups excluding carboxylic acids is 3. The summed E-state index contributed by atoms with van der Waals surface area (Å²) in [6.45, 7) is 0.376. The molecule has 29 heavy (non-hydrogen) atoms. The maximum Gasteiger partial charge on any atom is 0.293 e. The summed E-state index contributed by atoms with van der Waals surface area (Å²) in [4.78, 5) is 39.4. The maximum absolute atomic E-state index is 12.5. The highest BCUT2D eigenvalue weighted by Gasteiger charge is 2.36. The standard InChI is InChI=1S/C19H14N4O3S3/c24-16(20-10-12-5-2-1-3-6-12)17-22-21-15(29-17)11-23-18(25)14(28-19(23)26)9-13-7-4-8-27-13/h1-9H,10-11H2,(H,20,24)/b14-9-. The second-order valence-corrected chi connectivity index (χ2v) is 8.99. The Labute approximate surface area is 178 Å². The maximum atomic E-state index is 12.5. The molecule has 10 heteroatoms. The van der Waals surface area contributed by atoms with Gasteiger partial charge < -0.3 is 5.32 Å². The van der Waals surface area contributed by atoms with Crippen molar-refractivity contribution in [3.63, 3.8) is 0 Å². The molecule has 4 rings (SSSR count). The van der Waals surface area contributed by atoms with Crippen molar-refractivity contribution in [1.82, 2.24) is 20.4 Å². The summed E-state index contributed by atoms with van der Waals surface area (Å²) in [5.41, 5.74) is 0.973. The number of imide groups is 1. The molecule has 0 unspecified atom stereocenters. The minimum absolute atomic E-state index is 0.00389. The monoisotopic (exact) mass is 442 g/mol. The first-order valence-corrected chi connectivity index (χ1v) is 11.0. The topological polar surface area (TPSA) is 92.3 Å². The number of amides is 3. The van der Waals surface area contributed by atoms with Crippen LogP contribution in [0, 0.1) is 0 Å². The van der Waals surface area contributed by atoms with Gasteiger partial charge in [0, 0.05) is 11.4 Å². The Morgan fingerprint density at radius 2 is 1.93 bits per heavy atom. The van der Waals surface area contributed by atoms with Crippen LogP contribution in [-0.2, 0) is 17.9 Å². The fourth-order valence-electron chi connectivity index (χ4n) is 2.54. The minimum atomic E-state index is -0.362. The van der Waals surface area contributed by atoms with E-state index < -0.39 is 0 Å². The Balaban J connectivity index is 1.39. The molecule has 0 spiro atoms. The molecule has 1 aliphatic rings. The van der Waals surface area contributed by atoms with E-state index in [-0.39, 0.29) is 28.6 Å². The van der Waals surface area contributed by atoms with E-state index in [9.17, 15) is 14.4 Å². The largest absolute Gasteiger partial charge is 0.346 e. The van der Waals surface area contributed by atoms with Crippen LogP contribution in [0.25, 0.3) is 6.08 Å². The number of nitrogens with one attached hydrogen (secondary N) is 1. The number of carbonyl (C=O) groups is 3. The molecule has 2 aromatic heterocycles. The Kier molecular flexibility index (Phi) is 5.84. The van der Waals surface area contributed by atoms with Crippen LogP contribution in [0.5, 0.6) is 0 Å². The van der Waals surface area contributed by atoms with E-state index in [2.05, 4.69) is 15.5 Å².